The van der Waals surface area contributed by atoms with Crippen LogP contribution in [-0.4, -0.2) is 8.42 Å². The molecule has 2 rings (SSSR count). The van der Waals surface area contributed by atoms with E-state index in [1.807, 2.05) is 0 Å². The zero-order valence-corrected chi connectivity index (χ0v) is 12.6. The van der Waals surface area contributed by atoms with E-state index < -0.39 is 38.1 Å². The SMILES string of the molecule is Nc1cc(F)c(S(=O)(=O)Nc2c(F)cccc2Br)c(F)c1. The van der Waals surface area contributed by atoms with Crippen LogP contribution in [0.15, 0.2) is 39.7 Å². The van der Waals surface area contributed by atoms with Gasteiger partial charge in [-0.3, -0.25) is 4.72 Å². The number of hydrogen-bond donors (Lipinski definition) is 2. The summed E-state index contributed by atoms with van der Waals surface area (Å²) in [5.74, 6) is -3.64. The molecule has 0 aliphatic heterocycles. The Morgan fingerprint density at radius 2 is 1.62 bits per heavy atom. The van der Waals surface area contributed by atoms with Gasteiger partial charge in [0.15, 0.2) is 4.90 Å². The fraction of sp³-hybridized carbons (Fsp3) is 0. The summed E-state index contributed by atoms with van der Waals surface area (Å²) >= 11 is 2.95. The molecule has 21 heavy (non-hydrogen) atoms. The summed E-state index contributed by atoms with van der Waals surface area (Å²) < 4.78 is 66.9. The van der Waals surface area contributed by atoms with Crippen LogP contribution in [0.25, 0.3) is 0 Å². The summed E-state index contributed by atoms with van der Waals surface area (Å²) in [7, 11) is -4.66. The monoisotopic (exact) mass is 380 g/mol. The van der Waals surface area contributed by atoms with Gasteiger partial charge in [-0.15, -0.1) is 0 Å². The molecule has 9 heteroatoms. The minimum atomic E-state index is -4.66. The van der Waals surface area contributed by atoms with Crippen LogP contribution >= 0.6 is 15.9 Å². The maximum Gasteiger partial charge on any atom is 0.267 e. The molecule has 0 atom stereocenters. The van der Waals surface area contributed by atoms with Gasteiger partial charge in [-0.2, -0.15) is 0 Å². The molecular formula is C12H8BrF3N2O2S. The van der Waals surface area contributed by atoms with Gasteiger partial charge in [0.2, 0.25) is 0 Å². The van der Waals surface area contributed by atoms with Crippen molar-refractivity contribution in [2.45, 2.75) is 4.90 Å². The fourth-order valence-corrected chi connectivity index (χ4v) is 3.40. The Bertz CT molecular complexity index is 769. The number of anilines is 2. The van der Waals surface area contributed by atoms with Crippen molar-refractivity contribution < 1.29 is 21.6 Å². The van der Waals surface area contributed by atoms with Crippen molar-refractivity contribution in [2.24, 2.45) is 0 Å². The third kappa shape index (κ3) is 3.13. The van der Waals surface area contributed by atoms with Gasteiger partial charge in [0.05, 0.1) is 5.69 Å². The molecule has 0 spiro atoms. The van der Waals surface area contributed by atoms with E-state index in [2.05, 4.69) is 15.9 Å². The first-order valence-electron chi connectivity index (χ1n) is 5.43. The number of nitrogens with one attached hydrogen (secondary N) is 1. The molecule has 0 amide bonds. The van der Waals surface area contributed by atoms with E-state index in [-0.39, 0.29) is 10.2 Å². The number of para-hydroxylation sites is 1. The molecule has 0 aliphatic rings. The van der Waals surface area contributed by atoms with Gasteiger partial charge >= 0.3 is 0 Å². The van der Waals surface area contributed by atoms with Gasteiger partial charge in [0.1, 0.15) is 17.5 Å². The molecule has 112 valence electrons. The van der Waals surface area contributed by atoms with Crippen LogP contribution in [0.2, 0.25) is 0 Å². The predicted octanol–water partition coefficient (Wildman–Crippen LogP) is 3.25. The molecule has 0 heterocycles. The van der Waals surface area contributed by atoms with Gasteiger partial charge in [0.25, 0.3) is 10.0 Å². The molecule has 0 saturated carbocycles. The van der Waals surface area contributed by atoms with Crippen molar-refractivity contribution in [2.75, 3.05) is 10.5 Å². The molecular weight excluding hydrogens is 373 g/mol. The molecule has 0 aromatic heterocycles. The van der Waals surface area contributed by atoms with Crippen LogP contribution < -0.4 is 10.5 Å². The number of rotatable bonds is 3. The molecule has 2 aromatic carbocycles. The summed E-state index contributed by atoms with van der Waals surface area (Å²) in [6, 6.07) is 5.03. The topological polar surface area (TPSA) is 72.2 Å². The second kappa shape index (κ2) is 5.57. The minimum Gasteiger partial charge on any atom is -0.399 e. The first-order valence-corrected chi connectivity index (χ1v) is 7.71. The van der Waals surface area contributed by atoms with Crippen LogP contribution in [0.4, 0.5) is 24.5 Å². The lowest BCUT2D eigenvalue weighted by Crippen LogP contribution is -2.18. The Labute approximate surface area is 127 Å². The highest BCUT2D eigenvalue weighted by molar-refractivity contribution is 9.10. The van der Waals surface area contributed by atoms with E-state index in [0.717, 1.165) is 6.07 Å². The van der Waals surface area contributed by atoms with Crippen LogP contribution in [0, 0.1) is 17.5 Å². The lowest BCUT2D eigenvalue weighted by molar-refractivity contribution is 0.522. The molecule has 2 aromatic rings. The lowest BCUT2D eigenvalue weighted by atomic mass is 10.3. The van der Waals surface area contributed by atoms with E-state index in [4.69, 9.17) is 5.73 Å². The van der Waals surface area contributed by atoms with Crippen LogP contribution in [0.5, 0.6) is 0 Å². The number of hydrogen-bond acceptors (Lipinski definition) is 3. The van der Waals surface area contributed by atoms with Gasteiger partial charge in [0, 0.05) is 10.2 Å². The number of halogens is 4. The van der Waals surface area contributed by atoms with Gasteiger partial charge in [-0.05, 0) is 40.2 Å². The molecule has 0 aliphatic carbocycles. The van der Waals surface area contributed by atoms with Gasteiger partial charge < -0.3 is 5.73 Å². The summed E-state index contributed by atoms with van der Waals surface area (Å²) in [6.45, 7) is 0. The Balaban J connectivity index is 2.54. The molecule has 4 nitrogen and oxygen atoms in total. The Morgan fingerprint density at radius 1 is 1.05 bits per heavy atom. The van der Waals surface area contributed by atoms with Crippen molar-refractivity contribution in [3.05, 3.63) is 52.3 Å². The molecule has 0 fully saturated rings. The minimum absolute atomic E-state index is 0.0855. The van der Waals surface area contributed by atoms with Crippen LogP contribution in [0.3, 0.4) is 0 Å². The third-order valence-electron chi connectivity index (χ3n) is 2.49. The quantitative estimate of drug-likeness (QED) is 0.802. The highest BCUT2D eigenvalue weighted by atomic mass is 79.9. The first-order chi connectivity index (χ1) is 9.72. The number of benzene rings is 2. The van der Waals surface area contributed by atoms with Crippen LogP contribution in [0.1, 0.15) is 0 Å². The maximum absolute atomic E-state index is 13.7. The predicted molar refractivity (Wildman–Crippen MR) is 75.7 cm³/mol. The third-order valence-corrected chi connectivity index (χ3v) is 4.55. The molecule has 0 bridgehead atoms. The zero-order valence-electron chi connectivity index (χ0n) is 10.2. The smallest absolute Gasteiger partial charge is 0.267 e. The molecule has 0 unspecified atom stereocenters. The van der Waals surface area contributed by atoms with E-state index in [9.17, 15) is 21.6 Å². The second-order valence-electron chi connectivity index (χ2n) is 4.02. The normalized spacial score (nSPS) is 11.4. The van der Waals surface area contributed by atoms with Crippen molar-refractivity contribution in [1.29, 1.82) is 0 Å². The second-order valence-corrected chi connectivity index (χ2v) is 6.49. The fourth-order valence-electron chi connectivity index (χ4n) is 1.62. The Morgan fingerprint density at radius 3 is 2.14 bits per heavy atom. The maximum atomic E-state index is 13.7. The Hall–Kier alpha value is -1.74. The lowest BCUT2D eigenvalue weighted by Gasteiger charge is -2.12. The number of nitrogens with two attached hydrogens (primary N) is 1. The standard InChI is InChI=1S/C12H8BrF3N2O2S/c13-7-2-1-3-8(14)11(7)18-21(19,20)12-9(15)4-6(17)5-10(12)16/h1-5,18H,17H2. The van der Waals surface area contributed by atoms with E-state index >= 15 is 0 Å². The van der Waals surface area contributed by atoms with Gasteiger partial charge in [-0.1, -0.05) is 6.07 Å². The zero-order chi connectivity index (χ0) is 15.8. The van der Waals surface area contributed by atoms with Crippen LogP contribution in [-0.2, 0) is 10.0 Å². The highest BCUT2D eigenvalue weighted by Crippen LogP contribution is 2.29. The van der Waals surface area contributed by atoms with E-state index in [1.54, 1.807) is 4.72 Å². The molecule has 0 radical (unpaired) electrons. The van der Waals surface area contributed by atoms with Crippen molar-refractivity contribution in [1.82, 2.24) is 0 Å². The van der Waals surface area contributed by atoms with Crippen molar-refractivity contribution >= 4 is 37.3 Å². The molecule has 3 N–H and O–H groups in total. The Kier molecular flexibility index (Phi) is 4.15. The average Bonchev–Trinajstić information content (AvgIpc) is 2.32. The number of sulfonamides is 1. The highest BCUT2D eigenvalue weighted by Gasteiger charge is 2.26. The summed E-state index contributed by atoms with van der Waals surface area (Å²) in [5.41, 5.74) is 4.49. The summed E-state index contributed by atoms with van der Waals surface area (Å²) in [4.78, 5) is -1.23. The van der Waals surface area contributed by atoms with Gasteiger partial charge in [-0.25, -0.2) is 21.6 Å². The van der Waals surface area contributed by atoms with Crippen molar-refractivity contribution in [3.63, 3.8) is 0 Å². The first kappa shape index (κ1) is 15.6. The van der Waals surface area contributed by atoms with E-state index in [0.29, 0.717) is 12.1 Å². The summed E-state index contributed by atoms with van der Waals surface area (Å²) in [5, 5.41) is 0. The molecule has 0 saturated heterocycles. The van der Waals surface area contributed by atoms with E-state index in [1.165, 1.54) is 12.1 Å². The summed E-state index contributed by atoms with van der Waals surface area (Å²) in [6.07, 6.45) is 0. The average molecular weight is 381 g/mol. The number of nitrogen functional groups attached to an aromatic ring is 1. The largest absolute Gasteiger partial charge is 0.399 e. The van der Waals surface area contributed by atoms with Crippen molar-refractivity contribution in [3.8, 4) is 0 Å².